The summed E-state index contributed by atoms with van der Waals surface area (Å²) < 4.78 is 5.47. The molecule has 0 aliphatic carbocycles. The van der Waals surface area contributed by atoms with Crippen molar-refractivity contribution in [3.8, 4) is 6.07 Å². The van der Waals surface area contributed by atoms with Crippen molar-refractivity contribution in [3.63, 3.8) is 0 Å². The number of anilines is 1. The highest BCUT2D eigenvalue weighted by atomic mass is 16.5. The van der Waals surface area contributed by atoms with Gasteiger partial charge in [-0.3, -0.25) is 4.79 Å². The number of amides is 3. The Balaban J connectivity index is 1.54. The van der Waals surface area contributed by atoms with Gasteiger partial charge in [0.05, 0.1) is 17.3 Å². The average Bonchev–Trinajstić information content (AvgIpc) is 2.95. The molecule has 3 amide bonds. The quantitative estimate of drug-likeness (QED) is 0.714. The van der Waals surface area contributed by atoms with Crippen LogP contribution in [-0.4, -0.2) is 66.7 Å². The number of rotatable bonds is 4. The first-order chi connectivity index (χ1) is 14.5. The maximum Gasteiger partial charge on any atom is 0.332 e. The van der Waals surface area contributed by atoms with E-state index in [2.05, 4.69) is 11.0 Å². The first kappa shape index (κ1) is 20.8. The lowest BCUT2D eigenvalue weighted by Crippen LogP contribution is -2.57. The summed E-state index contributed by atoms with van der Waals surface area (Å²) in [7, 11) is 0. The van der Waals surface area contributed by atoms with E-state index >= 15 is 0 Å². The van der Waals surface area contributed by atoms with Crippen LogP contribution >= 0.6 is 0 Å². The van der Waals surface area contributed by atoms with Crippen molar-refractivity contribution in [2.75, 3.05) is 44.3 Å². The van der Waals surface area contributed by atoms with Crippen LogP contribution < -0.4 is 4.90 Å². The molecule has 3 heterocycles. The number of nitrogens with zero attached hydrogens (tertiary/aromatic N) is 4. The molecule has 0 radical (unpaired) electrons. The van der Waals surface area contributed by atoms with Crippen LogP contribution in [0, 0.1) is 24.2 Å². The number of piperidine rings is 1. The molecule has 3 aliphatic rings. The molecular formula is C23H30N4O3. The molecule has 4 rings (SSSR count). The minimum Gasteiger partial charge on any atom is -0.381 e. The number of likely N-dealkylation sites (N-methyl/N-ethyl adjacent to an activating group) is 1. The molecule has 0 unspecified atom stereocenters. The molecule has 30 heavy (non-hydrogen) atoms. The zero-order valence-electron chi connectivity index (χ0n) is 17.9. The monoisotopic (exact) mass is 410 g/mol. The van der Waals surface area contributed by atoms with Crippen LogP contribution in [-0.2, 0) is 9.53 Å². The number of likely N-dealkylation sites (tertiary alicyclic amines) is 1. The topological polar surface area (TPSA) is 76.9 Å². The van der Waals surface area contributed by atoms with Gasteiger partial charge in [-0.25, -0.2) is 9.69 Å². The van der Waals surface area contributed by atoms with E-state index < -0.39 is 5.54 Å². The molecule has 0 saturated carbocycles. The van der Waals surface area contributed by atoms with E-state index in [1.165, 1.54) is 4.90 Å². The average molecular weight is 411 g/mol. The molecule has 1 aromatic rings. The highest BCUT2D eigenvalue weighted by molar-refractivity contribution is 6.23. The first-order valence-corrected chi connectivity index (χ1v) is 11.0. The van der Waals surface area contributed by atoms with Crippen molar-refractivity contribution in [1.82, 2.24) is 9.80 Å². The predicted octanol–water partition coefficient (Wildman–Crippen LogP) is 2.92. The number of aryl methyl sites for hydroxylation is 1. The van der Waals surface area contributed by atoms with Gasteiger partial charge in [-0.2, -0.15) is 5.26 Å². The van der Waals surface area contributed by atoms with E-state index in [4.69, 9.17) is 4.74 Å². The van der Waals surface area contributed by atoms with Crippen LogP contribution in [0.2, 0.25) is 0 Å². The third-order valence-electron chi connectivity index (χ3n) is 6.85. The van der Waals surface area contributed by atoms with Crippen molar-refractivity contribution >= 4 is 17.6 Å². The fraction of sp³-hybridized carbons (Fsp3) is 0.609. The van der Waals surface area contributed by atoms with Crippen molar-refractivity contribution in [2.24, 2.45) is 5.92 Å². The zero-order chi connectivity index (χ0) is 21.3. The summed E-state index contributed by atoms with van der Waals surface area (Å²) in [4.78, 5) is 32.3. The third kappa shape index (κ3) is 3.59. The first-order valence-electron chi connectivity index (χ1n) is 11.0. The molecule has 0 aromatic heterocycles. The fourth-order valence-electron chi connectivity index (χ4n) is 5.22. The second-order valence-corrected chi connectivity index (χ2v) is 8.72. The molecule has 0 N–H and O–H groups in total. The maximum absolute atomic E-state index is 13.6. The van der Waals surface area contributed by atoms with Gasteiger partial charge in [-0.1, -0.05) is 0 Å². The minimum atomic E-state index is -0.769. The Kier molecular flexibility index (Phi) is 5.81. The summed E-state index contributed by atoms with van der Waals surface area (Å²) in [6.45, 7) is 8.67. The standard InChI is InChI=1S/C23H30N4O3/c1-3-26-22(29)27(20-13-17(2)12-19(14-20)15-24)21(28)23(26)6-8-25(9-7-23)16-18-4-10-30-11-5-18/h12-14,18H,3-11,16H2,1-2H3. The van der Waals surface area contributed by atoms with E-state index in [0.29, 0.717) is 36.6 Å². The van der Waals surface area contributed by atoms with Crippen LogP contribution in [0.3, 0.4) is 0 Å². The van der Waals surface area contributed by atoms with Gasteiger partial charge in [0.2, 0.25) is 0 Å². The SMILES string of the molecule is CCN1C(=O)N(c2cc(C)cc(C#N)c2)C(=O)C12CCN(CC1CCOCC1)CC2. The summed E-state index contributed by atoms with van der Waals surface area (Å²) in [5, 5.41) is 9.30. The zero-order valence-corrected chi connectivity index (χ0v) is 17.9. The number of urea groups is 1. The Bertz CT molecular complexity index is 864. The summed E-state index contributed by atoms with van der Waals surface area (Å²) >= 11 is 0. The van der Waals surface area contributed by atoms with Gasteiger partial charge < -0.3 is 14.5 Å². The largest absolute Gasteiger partial charge is 0.381 e. The number of hydrogen-bond acceptors (Lipinski definition) is 5. The van der Waals surface area contributed by atoms with Gasteiger partial charge in [0.25, 0.3) is 5.91 Å². The number of hydrogen-bond donors (Lipinski definition) is 0. The van der Waals surface area contributed by atoms with Crippen molar-refractivity contribution in [3.05, 3.63) is 29.3 Å². The fourth-order valence-corrected chi connectivity index (χ4v) is 5.22. The number of carbonyl (C=O) groups excluding carboxylic acids is 2. The molecule has 1 spiro atoms. The second kappa shape index (κ2) is 8.37. The van der Waals surface area contributed by atoms with E-state index in [1.54, 1.807) is 17.0 Å². The number of carbonyl (C=O) groups is 2. The lowest BCUT2D eigenvalue weighted by Gasteiger charge is -2.43. The molecule has 1 aromatic carbocycles. The molecule has 3 fully saturated rings. The summed E-state index contributed by atoms with van der Waals surface area (Å²) in [5.74, 6) is 0.513. The van der Waals surface area contributed by atoms with Gasteiger partial charge >= 0.3 is 6.03 Å². The van der Waals surface area contributed by atoms with Gasteiger partial charge in [0.1, 0.15) is 5.54 Å². The van der Waals surface area contributed by atoms with Crippen LogP contribution in [0.4, 0.5) is 10.5 Å². The van der Waals surface area contributed by atoms with Crippen molar-refractivity contribution < 1.29 is 14.3 Å². The second-order valence-electron chi connectivity index (χ2n) is 8.72. The Morgan fingerprint density at radius 2 is 1.87 bits per heavy atom. The van der Waals surface area contributed by atoms with Crippen molar-refractivity contribution in [2.45, 2.75) is 45.1 Å². The normalized spacial score (nSPS) is 22.7. The Labute approximate surface area is 178 Å². The van der Waals surface area contributed by atoms with E-state index in [1.807, 2.05) is 19.9 Å². The predicted molar refractivity (Wildman–Crippen MR) is 113 cm³/mol. The van der Waals surface area contributed by atoms with Gasteiger partial charge in [-0.05, 0) is 69.2 Å². The summed E-state index contributed by atoms with van der Waals surface area (Å²) in [6, 6.07) is 7.06. The number of nitriles is 1. The Hall–Kier alpha value is -2.43. The maximum atomic E-state index is 13.6. The Morgan fingerprint density at radius 1 is 1.17 bits per heavy atom. The highest BCUT2D eigenvalue weighted by Gasteiger charge is 2.57. The minimum absolute atomic E-state index is 0.144. The summed E-state index contributed by atoms with van der Waals surface area (Å²) in [6.07, 6.45) is 3.51. The van der Waals surface area contributed by atoms with Gasteiger partial charge in [-0.15, -0.1) is 0 Å². The molecule has 7 heteroatoms. The number of ether oxygens (including phenoxy) is 1. The van der Waals surface area contributed by atoms with Crippen molar-refractivity contribution in [1.29, 1.82) is 5.26 Å². The molecular weight excluding hydrogens is 380 g/mol. The van der Waals surface area contributed by atoms with E-state index in [9.17, 15) is 14.9 Å². The molecule has 3 saturated heterocycles. The highest BCUT2D eigenvalue weighted by Crippen LogP contribution is 2.40. The lowest BCUT2D eigenvalue weighted by molar-refractivity contribution is -0.127. The van der Waals surface area contributed by atoms with E-state index in [-0.39, 0.29) is 11.9 Å². The molecule has 0 atom stereocenters. The smallest absolute Gasteiger partial charge is 0.332 e. The van der Waals surface area contributed by atoms with Gasteiger partial charge in [0.15, 0.2) is 0 Å². The number of imide groups is 1. The van der Waals surface area contributed by atoms with E-state index in [0.717, 1.165) is 51.3 Å². The number of benzene rings is 1. The Morgan fingerprint density at radius 3 is 2.50 bits per heavy atom. The van der Waals surface area contributed by atoms with Crippen LogP contribution in [0.25, 0.3) is 0 Å². The molecule has 7 nitrogen and oxygen atoms in total. The molecule has 0 bridgehead atoms. The molecule has 3 aliphatic heterocycles. The van der Waals surface area contributed by atoms with Gasteiger partial charge in [0, 0.05) is 39.4 Å². The van der Waals surface area contributed by atoms with Crippen LogP contribution in [0.5, 0.6) is 0 Å². The third-order valence-corrected chi connectivity index (χ3v) is 6.85. The van der Waals surface area contributed by atoms with Crippen LogP contribution in [0.1, 0.15) is 43.7 Å². The molecule has 160 valence electrons. The lowest BCUT2D eigenvalue weighted by atomic mass is 9.85. The van der Waals surface area contributed by atoms with Crippen LogP contribution in [0.15, 0.2) is 18.2 Å². The summed E-state index contributed by atoms with van der Waals surface area (Å²) in [5.41, 5.74) is 1.05.